The first-order chi connectivity index (χ1) is 9.40. The highest BCUT2D eigenvalue weighted by Crippen LogP contribution is 2.26. The van der Waals surface area contributed by atoms with Crippen molar-refractivity contribution in [2.45, 2.75) is 31.9 Å². The highest BCUT2D eigenvalue weighted by atomic mass is 16.5. The number of nitrogens with zero attached hydrogens (tertiary/aromatic N) is 1. The maximum absolute atomic E-state index is 11.3. The van der Waals surface area contributed by atoms with Crippen molar-refractivity contribution < 1.29 is 9.53 Å². The third-order valence-electron chi connectivity index (χ3n) is 3.21. The summed E-state index contributed by atoms with van der Waals surface area (Å²) >= 11 is 0. The van der Waals surface area contributed by atoms with E-state index in [1.54, 1.807) is 13.1 Å². The van der Waals surface area contributed by atoms with Gasteiger partial charge in [-0.25, -0.2) is 0 Å². The molecule has 0 fully saturated rings. The molecule has 0 radical (unpaired) electrons. The van der Waals surface area contributed by atoms with E-state index in [1.807, 2.05) is 37.3 Å². The Morgan fingerprint density at radius 1 is 1.40 bits per heavy atom. The molecule has 0 aliphatic heterocycles. The van der Waals surface area contributed by atoms with Gasteiger partial charge in [-0.05, 0) is 38.1 Å². The van der Waals surface area contributed by atoms with Gasteiger partial charge in [0, 0.05) is 18.0 Å². The Bertz CT molecular complexity index is 620. The number of benzene rings is 1. The van der Waals surface area contributed by atoms with E-state index < -0.39 is 11.4 Å². The fourth-order valence-corrected chi connectivity index (χ4v) is 2.13. The van der Waals surface area contributed by atoms with Gasteiger partial charge >= 0.3 is 0 Å². The van der Waals surface area contributed by atoms with E-state index in [1.165, 1.54) is 0 Å². The topological polar surface area (TPSA) is 91.2 Å². The second-order valence-corrected chi connectivity index (χ2v) is 5.24. The average molecular weight is 273 g/mol. The SMILES string of the molecule is CC(CC(C)(N)C(N)=O)Oc1cccc2ncccc12. The van der Waals surface area contributed by atoms with Gasteiger partial charge in [0.25, 0.3) is 0 Å². The highest BCUT2D eigenvalue weighted by Gasteiger charge is 2.28. The van der Waals surface area contributed by atoms with Gasteiger partial charge in [0.2, 0.25) is 5.91 Å². The lowest BCUT2D eigenvalue weighted by atomic mass is 9.95. The Morgan fingerprint density at radius 3 is 2.85 bits per heavy atom. The Kier molecular flexibility index (Phi) is 3.90. The molecule has 0 saturated carbocycles. The molecule has 0 spiro atoms. The summed E-state index contributed by atoms with van der Waals surface area (Å²) in [5.74, 6) is 0.191. The predicted octanol–water partition coefficient (Wildman–Crippen LogP) is 1.59. The summed E-state index contributed by atoms with van der Waals surface area (Å²) < 4.78 is 5.89. The molecule has 1 amide bonds. The van der Waals surface area contributed by atoms with Crippen LogP contribution < -0.4 is 16.2 Å². The quantitative estimate of drug-likeness (QED) is 0.865. The molecule has 5 heteroatoms. The standard InChI is InChI=1S/C15H19N3O2/c1-10(9-15(2,17)14(16)19)20-13-7-3-6-12-11(13)5-4-8-18-12/h3-8,10H,9,17H2,1-2H3,(H2,16,19). The maximum atomic E-state index is 11.3. The van der Waals surface area contributed by atoms with Crippen molar-refractivity contribution in [3.8, 4) is 5.75 Å². The fraction of sp³-hybridized carbons (Fsp3) is 0.333. The molecule has 2 unspecified atom stereocenters. The van der Waals surface area contributed by atoms with Crippen molar-refractivity contribution in [2.75, 3.05) is 0 Å². The summed E-state index contributed by atoms with van der Waals surface area (Å²) in [5.41, 5.74) is 10.9. The molecule has 1 aromatic heterocycles. The van der Waals surface area contributed by atoms with Crippen molar-refractivity contribution in [1.82, 2.24) is 4.98 Å². The summed E-state index contributed by atoms with van der Waals surface area (Å²) in [5, 5.41) is 0.930. The molecule has 2 rings (SSSR count). The number of hydrogen-bond acceptors (Lipinski definition) is 4. The molecule has 1 aromatic carbocycles. The van der Waals surface area contributed by atoms with Crippen LogP contribution in [0.3, 0.4) is 0 Å². The maximum Gasteiger partial charge on any atom is 0.237 e. The van der Waals surface area contributed by atoms with Gasteiger partial charge in [0.1, 0.15) is 5.75 Å². The van der Waals surface area contributed by atoms with E-state index >= 15 is 0 Å². The second kappa shape index (κ2) is 5.46. The first kappa shape index (κ1) is 14.3. The Labute approximate surface area is 117 Å². The van der Waals surface area contributed by atoms with E-state index in [0.717, 1.165) is 16.7 Å². The lowest BCUT2D eigenvalue weighted by molar-refractivity contribution is -0.123. The summed E-state index contributed by atoms with van der Waals surface area (Å²) in [6.45, 7) is 3.48. The Morgan fingerprint density at radius 2 is 2.15 bits per heavy atom. The van der Waals surface area contributed by atoms with Gasteiger partial charge in [0.15, 0.2) is 0 Å². The van der Waals surface area contributed by atoms with Gasteiger partial charge < -0.3 is 16.2 Å². The predicted molar refractivity (Wildman–Crippen MR) is 78.2 cm³/mol. The molecule has 0 aliphatic rings. The fourth-order valence-electron chi connectivity index (χ4n) is 2.13. The molecule has 5 nitrogen and oxygen atoms in total. The summed E-state index contributed by atoms with van der Waals surface area (Å²) in [4.78, 5) is 15.5. The van der Waals surface area contributed by atoms with Crippen LogP contribution in [0.4, 0.5) is 0 Å². The summed E-state index contributed by atoms with van der Waals surface area (Å²) in [6.07, 6.45) is 1.85. The molecule has 4 N–H and O–H groups in total. The number of nitrogens with two attached hydrogens (primary N) is 2. The van der Waals surface area contributed by atoms with Crippen molar-refractivity contribution in [1.29, 1.82) is 0 Å². The molecule has 0 bridgehead atoms. The smallest absolute Gasteiger partial charge is 0.237 e. The van der Waals surface area contributed by atoms with Crippen molar-refractivity contribution in [3.05, 3.63) is 36.5 Å². The zero-order valence-corrected chi connectivity index (χ0v) is 11.7. The molecule has 2 aromatic rings. The van der Waals surface area contributed by atoms with Crippen LogP contribution >= 0.6 is 0 Å². The van der Waals surface area contributed by atoms with Gasteiger partial charge in [-0.15, -0.1) is 0 Å². The molecule has 0 saturated heterocycles. The molecule has 20 heavy (non-hydrogen) atoms. The summed E-state index contributed by atoms with van der Waals surface area (Å²) in [7, 11) is 0. The number of hydrogen-bond donors (Lipinski definition) is 2. The number of primary amides is 1. The van der Waals surface area contributed by atoms with Crippen molar-refractivity contribution in [2.24, 2.45) is 11.5 Å². The molecule has 106 valence electrons. The van der Waals surface area contributed by atoms with Gasteiger partial charge in [0.05, 0.1) is 17.2 Å². The van der Waals surface area contributed by atoms with Crippen LogP contribution in [0.15, 0.2) is 36.5 Å². The highest BCUT2D eigenvalue weighted by molar-refractivity contribution is 5.85. The molecular weight excluding hydrogens is 254 g/mol. The van der Waals surface area contributed by atoms with Crippen LogP contribution in [0.5, 0.6) is 5.75 Å². The third-order valence-corrected chi connectivity index (χ3v) is 3.21. The van der Waals surface area contributed by atoms with E-state index in [2.05, 4.69) is 4.98 Å². The van der Waals surface area contributed by atoms with Gasteiger partial charge in [-0.1, -0.05) is 6.07 Å². The normalized spacial score (nSPS) is 15.6. The molecule has 2 atom stereocenters. The average Bonchev–Trinajstić information content (AvgIpc) is 2.38. The van der Waals surface area contributed by atoms with Crippen molar-refractivity contribution in [3.63, 3.8) is 0 Å². The molecule has 1 heterocycles. The van der Waals surface area contributed by atoms with E-state index in [4.69, 9.17) is 16.2 Å². The first-order valence-corrected chi connectivity index (χ1v) is 6.49. The summed E-state index contributed by atoms with van der Waals surface area (Å²) in [6, 6.07) is 9.48. The van der Waals surface area contributed by atoms with Crippen LogP contribution in [0, 0.1) is 0 Å². The van der Waals surface area contributed by atoms with Gasteiger partial charge in [-0.3, -0.25) is 9.78 Å². The number of pyridine rings is 1. The van der Waals surface area contributed by atoms with Crippen LogP contribution in [-0.2, 0) is 4.79 Å². The third kappa shape index (κ3) is 3.05. The number of aromatic nitrogens is 1. The lowest BCUT2D eigenvalue weighted by Crippen LogP contribution is -2.51. The lowest BCUT2D eigenvalue weighted by Gasteiger charge is -2.25. The zero-order chi connectivity index (χ0) is 14.8. The van der Waals surface area contributed by atoms with Crippen LogP contribution in [0.1, 0.15) is 20.3 Å². The largest absolute Gasteiger partial charge is 0.490 e. The Balaban J connectivity index is 2.18. The van der Waals surface area contributed by atoms with Gasteiger partial charge in [-0.2, -0.15) is 0 Å². The number of fused-ring (bicyclic) bond motifs is 1. The molecular formula is C15H19N3O2. The number of carbonyl (C=O) groups is 1. The minimum atomic E-state index is -1.08. The zero-order valence-electron chi connectivity index (χ0n) is 11.7. The second-order valence-electron chi connectivity index (χ2n) is 5.24. The molecule has 0 aliphatic carbocycles. The minimum Gasteiger partial charge on any atom is -0.490 e. The van der Waals surface area contributed by atoms with Crippen LogP contribution in [-0.4, -0.2) is 22.5 Å². The van der Waals surface area contributed by atoms with E-state index in [-0.39, 0.29) is 6.10 Å². The number of rotatable bonds is 5. The number of ether oxygens (including phenoxy) is 1. The number of carbonyl (C=O) groups excluding carboxylic acids is 1. The first-order valence-electron chi connectivity index (χ1n) is 6.49. The van der Waals surface area contributed by atoms with Crippen LogP contribution in [0.25, 0.3) is 10.9 Å². The van der Waals surface area contributed by atoms with Crippen molar-refractivity contribution >= 4 is 16.8 Å². The number of amides is 1. The Hall–Kier alpha value is -2.14. The van der Waals surface area contributed by atoms with Crippen LogP contribution in [0.2, 0.25) is 0 Å². The monoisotopic (exact) mass is 273 g/mol. The minimum absolute atomic E-state index is 0.233. The van der Waals surface area contributed by atoms with E-state index in [9.17, 15) is 4.79 Å². The van der Waals surface area contributed by atoms with E-state index in [0.29, 0.717) is 6.42 Å².